The fourth-order valence-electron chi connectivity index (χ4n) is 2.31. The van der Waals surface area contributed by atoms with Crippen LogP contribution >= 0.6 is 0 Å². The molecular weight excluding hydrogens is 296 g/mol. The van der Waals surface area contributed by atoms with Crippen LogP contribution in [0.25, 0.3) is 0 Å². The molecule has 7 heteroatoms. The highest BCUT2D eigenvalue weighted by Crippen LogP contribution is 2.14. The van der Waals surface area contributed by atoms with Gasteiger partial charge in [0, 0.05) is 24.8 Å². The van der Waals surface area contributed by atoms with Crippen molar-refractivity contribution in [3.05, 3.63) is 17.0 Å². The van der Waals surface area contributed by atoms with E-state index < -0.39 is 11.7 Å². The van der Waals surface area contributed by atoms with Crippen molar-refractivity contribution < 1.29 is 14.4 Å². The summed E-state index contributed by atoms with van der Waals surface area (Å²) in [6.45, 7) is 10.9. The summed E-state index contributed by atoms with van der Waals surface area (Å²) in [5, 5.41) is 6.94. The van der Waals surface area contributed by atoms with Gasteiger partial charge in [-0.05, 0) is 41.5 Å². The van der Waals surface area contributed by atoms with E-state index in [-0.39, 0.29) is 24.5 Å². The number of hydrogen-bond acceptors (Lipinski definition) is 4. The Balaban J connectivity index is 2.92. The van der Waals surface area contributed by atoms with Gasteiger partial charge in [0.1, 0.15) is 0 Å². The van der Waals surface area contributed by atoms with Crippen molar-refractivity contribution in [2.24, 2.45) is 7.05 Å². The fraction of sp³-hybridized carbons (Fsp3) is 0.625. The van der Waals surface area contributed by atoms with Crippen LogP contribution in [-0.4, -0.2) is 50.9 Å². The van der Waals surface area contributed by atoms with Crippen LogP contribution in [0.1, 0.15) is 49.4 Å². The lowest BCUT2D eigenvalue weighted by Gasteiger charge is -2.24. The van der Waals surface area contributed by atoms with Crippen LogP contribution < -0.4 is 5.32 Å². The van der Waals surface area contributed by atoms with E-state index in [0.717, 1.165) is 0 Å². The average molecular weight is 322 g/mol. The van der Waals surface area contributed by atoms with Gasteiger partial charge >= 0.3 is 0 Å². The average Bonchev–Trinajstić information content (AvgIpc) is 2.66. The Morgan fingerprint density at radius 1 is 1.22 bits per heavy atom. The second-order valence-electron chi connectivity index (χ2n) is 6.62. The largest absolute Gasteiger partial charge is 0.350 e. The summed E-state index contributed by atoms with van der Waals surface area (Å²) < 4.78 is 1.57. The zero-order valence-corrected chi connectivity index (χ0v) is 15.0. The molecule has 0 aliphatic rings. The van der Waals surface area contributed by atoms with Crippen molar-refractivity contribution in [3.8, 4) is 0 Å². The summed E-state index contributed by atoms with van der Waals surface area (Å²) in [4.78, 5) is 38.2. The maximum absolute atomic E-state index is 12.5. The van der Waals surface area contributed by atoms with Gasteiger partial charge in [-0.3, -0.25) is 19.1 Å². The minimum absolute atomic E-state index is 0.142. The van der Waals surface area contributed by atoms with Crippen molar-refractivity contribution in [2.75, 3.05) is 13.1 Å². The molecule has 1 aromatic rings. The van der Waals surface area contributed by atoms with Gasteiger partial charge in [0.2, 0.25) is 5.91 Å². The number of Topliss-reactive ketones (excluding diaryl/α,β-unsaturated/α-hetero) is 1. The van der Waals surface area contributed by atoms with Gasteiger partial charge in [0.05, 0.1) is 17.8 Å². The maximum atomic E-state index is 12.5. The molecule has 0 aliphatic heterocycles. The molecule has 0 atom stereocenters. The van der Waals surface area contributed by atoms with Crippen LogP contribution in [0.5, 0.6) is 0 Å². The van der Waals surface area contributed by atoms with Gasteiger partial charge in [-0.15, -0.1) is 0 Å². The quantitative estimate of drug-likeness (QED) is 0.647. The number of hydrogen-bond donors (Lipinski definition) is 1. The zero-order chi connectivity index (χ0) is 17.9. The summed E-state index contributed by atoms with van der Waals surface area (Å²) in [5.74, 6) is -1.60. The van der Waals surface area contributed by atoms with E-state index >= 15 is 0 Å². The van der Waals surface area contributed by atoms with Gasteiger partial charge in [-0.2, -0.15) is 5.10 Å². The summed E-state index contributed by atoms with van der Waals surface area (Å²) in [7, 11) is 1.72. The molecule has 0 radical (unpaired) electrons. The van der Waals surface area contributed by atoms with E-state index in [1.807, 2.05) is 20.8 Å². The van der Waals surface area contributed by atoms with Crippen LogP contribution in [0.2, 0.25) is 0 Å². The van der Waals surface area contributed by atoms with Crippen molar-refractivity contribution >= 4 is 17.6 Å². The molecule has 23 heavy (non-hydrogen) atoms. The first-order chi connectivity index (χ1) is 10.5. The molecule has 0 bridgehead atoms. The predicted molar refractivity (Wildman–Crippen MR) is 87.2 cm³/mol. The molecule has 0 fully saturated rings. The Bertz CT molecular complexity index is 626. The molecule has 1 rings (SSSR count). The van der Waals surface area contributed by atoms with Crippen molar-refractivity contribution in [3.63, 3.8) is 0 Å². The number of amides is 2. The number of nitrogens with zero attached hydrogens (tertiary/aromatic N) is 3. The lowest BCUT2D eigenvalue weighted by atomic mass is 10.1. The molecule has 1 heterocycles. The van der Waals surface area contributed by atoms with Crippen LogP contribution in [0.3, 0.4) is 0 Å². The van der Waals surface area contributed by atoms with Gasteiger partial charge < -0.3 is 10.2 Å². The number of rotatable bonds is 5. The number of aromatic nitrogens is 2. The summed E-state index contributed by atoms with van der Waals surface area (Å²) in [6.07, 6.45) is 0. The highest BCUT2D eigenvalue weighted by atomic mass is 16.2. The Labute approximate surface area is 137 Å². The van der Waals surface area contributed by atoms with E-state index in [1.165, 1.54) is 4.90 Å². The van der Waals surface area contributed by atoms with E-state index in [4.69, 9.17) is 0 Å². The Morgan fingerprint density at radius 3 is 2.17 bits per heavy atom. The highest BCUT2D eigenvalue weighted by molar-refractivity contribution is 6.43. The van der Waals surface area contributed by atoms with Crippen LogP contribution in [0.4, 0.5) is 0 Å². The fourth-order valence-corrected chi connectivity index (χ4v) is 2.31. The van der Waals surface area contributed by atoms with Gasteiger partial charge in [-0.25, -0.2) is 0 Å². The molecule has 0 saturated heterocycles. The van der Waals surface area contributed by atoms with Crippen LogP contribution in [-0.2, 0) is 16.6 Å². The molecule has 1 N–H and O–H groups in total. The van der Waals surface area contributed by atoms with Crippen molar-refractivity contribution in [1.29, 1.82) is 0 Å². The molecule has 2 amide bonds. The third-order valence-corrected chi connectivity index (χ3v) is 3.45. The second-order valence-corrected chi connectivity index (χ2v) is 6.62. The number of aryl methyl sites for hydroxylation is 2. The summed E-state index contributed by atoms with van der Waals surface area (Å²) in [5.41, 5.74) is 1.07. The van der Waals surface area contributed by atoms with E-state index in [1.54, 1.807) is 32.5 Å². The van der Waals surface area contributed by atoms with E-state index in [0.29, 0.717) is 17.0 Å². The van der Waals surface area contributed by atoms with E-state index in [2.05, 4.69) is 10.4 Å². The smallest absolute Gasteiger partial charge is 0.295 e. The van der Waals surface area contributed by atoms with Crippen molar-refractivity contribution in [1.82, 2.24) is 20.0 Å². The number of likely N-dealkylation sites (N-methyl/N-ethyl adjacent to an activating group) is 1. The highest BCUT2D eigenvalue weighted by Gasteiger charge is 2.29. The van der Waals surface area contributed by atoms with Gasteiger partial charge in [0.25, 0.3) is 11.7 Å². The first-order valence-electron chi connectivity index (χ1n) is 7.62. The lowest BCUT2D eigenvalue weighted by molar-refractivity contribution is -0.133. The third kappa shape index (κ3) is 4.64. The molecule has 0 saturated carbocycles. The molecule has 7 nitrogen and oxygen atoms in total. The normalized spacial score (nSPS) is 11.3. The summed E-state index contributed by atoms with van der Waals surface area (Å²) in [6, 6.07) is 0. The van der Waals surface area contributed by atoms with Gasteiger partial charge in [0.15, 0.2) is 0 Å². The zero-order valence-electron chi connectivity index (χ0n) is 15.0. The van der Waals surface area contributed by atoms with Crippen LogP contribution in [0, 0.1) is 13.8 Å². The lowest BCUT2D eigenvalue weighted by Crippen LogP contribution is -2.48. The molecule has 0 spiro atoms. The monoisotopic (exact) mass is 322 g/mol. The first kappa shape index (κ1) is 18.9. The minimum Gasteiger partial charge on any atom is -0.350 e. The topological polar surface area (TPSA) is 84.3 Å². The number of carbonyl (C=O) groups is 3. The number of nitrogens with one attached hydrogen (secondary N) is 1. The second kappa shape index (κ2) is 6.93. The molecule has 0 aromatic carbocycles. The summed E-state index contributed by atoms with van der Waals surface area (Å²) >= 11 is 0. The SMILES string of the molecule is CCN(CC(=O)NC(C)(C)C)C(=O)C(=O)c1c(C)nn(C)c1C. The molecule has 1 aromatic heterocycles. The Hall–Kier alpha value is -2.18. The van der Waals surface area contributed by atoms with Gasteiger partial charge in [-0.1, -0.05) is 0 Å². The first-order valence-corrected chi connectivity index (χ1v) is 7.62. The molecule has 0 unspecified atom stereocenters. The standard InChI is InChI=1S/C16H26N4O3/c1-8-20(9-12(21)17-16(4,5)6)15(23)14(22)13-10(2)18-19(7)11(13)3/h8-9H2,1-7H3,(H,17,21). The number of carbonyl (C=O) groups excluding carboxylic acids is 3. The molecular formula is C16H26N4O3. The number of ketones is 1. The van der Waals surface area contributed by atoms with Crippen molar-refractivity contribution in [2.45, 2.75) is 47.1 Å². The van der Waals surface area contributed by atoms with Crippen LogP contribution in [0.15, 0.2) is 0 Å². The Morgan fingerprint density at radius 2 is 1.78 bits per heavy atom. The molecule has 128 valence electrons. The third-order valence-electron chi connectivity index (χ3n) is 3.45. The predicted octanol–water partition coefficient (Wildman–Crippen LogP) is 0.983. The Kier molecular flexibility index (Phi) is 5.69. The molecule has 0 aliphatic carbocycles. The van der Waals surface area contributed by atoms with E-state index in [9.17, 15) is 14.4 Å². The maximum Gasteiger partial charge on any atom is 0.295 e. The minimum atomic E-state index is -0.684.